The first-order valence-electron chi connectivity index (χ1n) is 15.4. The van der Waals surface area contributed by atoms with Crippen molar-refractivity contribution in [3.05, 3.63) is 145 Å². The maximum Gasteiger partial charge on any atom is 0.338 e. The third kappa shape index (κ3) is 9.51. The molecule has 8 heteroatoms. The predicted molar refractivity (Wildman–Crippen MR) is 194 cm³/mol. The highest BCUT2D eigenvalue weighted by Crippen LogP contribution is 2.35. The van der Waals surface area contributed by atoms with Crippen LogP contribution in [0.5, 0.6) is 23.0 Å². The molecule has 4 aromatic carbocycles. The van der Waals surface area contributed by atoms with Crippen LogP contribution in [0, 0.1) is 0 Å². The number of carbonyl (C=O) groups excluding carboxylic acids is 4. The summed E-state index contributed by atoms with van der Waals surface area (Å²) >= 11 is 0. The van der Waals surface area contributed by atoms with Crippen molar-refractivity contribution in [2.24, 2.45) is 0 Å². The number of hydrogen-bond acceptors (Lipinski definition) is 8. The van der Waals surface area contributed by atoms with Crippen molar-refractivity contribution >= 4 is 36.0 Å². The molecule has 4 aromatic rings. The maximum atomic E-state index is 12.3. The van der Waals surface area contributed by atoms with E-state index in [2.05, 4.69) is 26.3 Å². The molecule has 4 rings (SSSR count). The summed E-state index contributed by atoms with van der Waals surface area (Å²) in [7, 11) is 0. The summed E-state index contributed by atoms with van der Waals surface area (Å²) < 4.78 is 21.6. The van der Waals surface area contributed by atoms with E-state index < -0.39 is 23.9 Å². The predicted octanol–water partition coefficient (Wildman–Crippen LogP) is 9.12. The highest BCUT2D eigenvalue weighted by atomic mass is 16.6. The lowest BCUT2D eigenvalue weighted by atomic mass is 10.0. The van der Waals surface area contributed by atoms with Gasteiger partial charge >= 0.3 is 23.9 Å². The minimum Gasteiger partial charge on any atom is -0.419 e. The van der Waals surface area contributed by atoms with Crippen LogP contribution in [0.1, 0.15) is 38.8 Å². The van der Waals surface area contributed by atoms with Gasteiger partial charge in [-0.1, -0.05) is 99.1 Å². The van der Waals surface area contributed by atoms with Crippen molar-refractivity contribution < 1.29 is 38.1 Å². The molecule has 8 nitrogen and oxygen atoms in total. The van der Waals surface area contributed by atoms with Gasteiger partial charge in [0.2, 0.25) is 0 Å². The van der Waals surface area contributed by atoms with Gasteiger partial charge < -0.3 is 18.9 Å². The Hall–Kier alpha value is -6.54. The first-order chi connectivity index (χ1) is 23.7. The smallest absolute Gasteiger partial charge is 0.338 e. The Morgan fingerprint density at radius 3 is 0.940 bits per heavy atom. The van der Waals surface area contributed by atoms with E-state index in [0.29, 0.717) is 0 Å². The third-order valence-corrected chi connectivity index (χ3v) is 7.05. The Morgan fingerprint density at radius 1 is 0.400 bits per heavy atom. The van der Waals surface area contributed by atoms with Crippen LogP contribution in [0.2, 0.25) is 0 Å². The van der Waals surface area contributed by atoms with Gasteiger partial charge in [0.05, 0.1) is 0 Å². The van der Waals surface area contributed by atoms with Crippen molar-refractivity contribution in [1.82, 2.24) is 0 Å². The Kier molecular flexibility index (Phi) is 11.6. The van der Waals surface area contributed by atoms with Crippen LogP contribution >= 0.6 is 0 Å². The first kappa shape index (κ1) is 36.3. The SMILES string of the molecule is C=C(C)C(=O)Oc1ccc(-c2ccc(C=Cc3ccc(-c4ccc(OC(=O)C(=C)C)c(OC(=O)C(=C)C)c4)cc3)cc2)cc1OC(=O)C(=C)C. The molecule has 0 aliphatic carbocycles. The van der Waals surface area contributed by atoms with E-state index in [1.807, 2.05) is 60.7 Å². The van der Waals surface area contributed by atoms with Crippen LogP contribution < -0.4 is 18.9 Å². The summed E-state index contributed by atoms with van der Waals surface area (Å²) in [4.78, 5) is 48.8. The van der Waals surface area contributed by atoms with Gasteiger partial charge in [0.25, 0.3) is 0 Å². The molecular weight excluding hydrogens is 632 g/mol. The van der Waals surface area contributed by atoms with Crippen LogP contribution in [-0.2, 0) is 19.2 Å². The summed E-state index contributed by atoms with van der Waals surface area (Å²) in [6, 6.07) is 25.4. The molecule has 0 heterocycles. The van der Waals surface area contributed by atoms with Crippen LogP contribution in [0.4, 0.5) is 0 Å². The summed E-state index contributed by atoms with van der Waals surface area (Å²) in [5.74, 6) is -2.20. The van der Waals surface area contributed by atoms with E-state index in [1.165, 1.54) is 27.7 Å². The summed E-state index contributed by atoms with van der Waals surface area (Å²) in [5, 5.41) is 0. The zero-order chi connectivity index (χ0) is 36.5. The minimum absolute atomic E-state index is 0.0868. The second-order valence-corrected chi connectivity index (χ2v) is 11.6. The molecule has 0 saturated heterocycles. The number of benzene rings is 4. The van der Waals surface area contributed by atoms with Crippen molar-refractivity contribution in [3.63, 3.8) is 0 Å². The normalized spacial score (nSPS) is 10.6. The summed E-state index contributed by atoms with van der Waals surface area (Å²) in [6.07, 6.45) is 3.94. The Labute approximate surface area is 291 Å². The molecule has 0 radical (unpaired) electrons. The quantitative estimate of drug-likeness (QED) is 0.0637. The van der Waals surface area contributed by atoms with E-state index in [-0.39, 0.29) is 45.3 Å². The molecule has 0 bridgehead atoms. The van der Waals surface area contributed by atoms with Crippen LogP contribution in [0.3, 0.4) is 0 Å². The van der Waals surface area contributed by atoms with E-state index in [4.69, 9.17) is 18.9 Å². The fourth-order valence-corrected chi connectivity index (χ4v) is 4.22. The van der Waals surface area contributed by atoms with E-state index in [9.17, 15) is 19.2 Å². The van der Waals surface area contributed by atoms with Crippen LogP contribution in [0.25, 0.3) is 34.4 Å². The topological polar surface area (TPSA) is 105 Å². The summed E-state index contributed by atoms with van der Waals surface area (Å²) in [6.45, 7) is 20.5. The van der Waals surface area contributed by atoms with Gasteiger partial charge in [-0.05, 0) is 85.3 Å². The molecule has 0 aromatic heterocycles. The van der Waals surface area contributed by atoms with Gasteiger partial charge in [-0.15, -0.1) is 0 Å². The fraction of sp³-hybridized carbons (Fsp3) is 0.0952. The van der Waals surface area contributed by atoms with Gasteiger partial charge in [-0.25, -0.2) is 19.2 Å². The molecule has 0 fully saturated rings. The Balaban J connectivity index is 1.51. The number of ether oxygens (including phenoxy) is 4. The van der Waals surface area contributed by atoms with Crippen molar-refractivity contribution in [2.75, 3.05) is 0 Å². The first-order valence-corrected chi connectivity index (χ1v) is 15.4. The number of esters is 4. The lowest BCUT2D eigenvalue weighted by molar-refractivity contribution is -0.132. The number of rotatable bonds is 12. The van der Waals surface area contributed by atoms with Gasteiger partial charge in [0, 0.05) is 22.3 Å². The van der Waals surface area contributed by atoms with Crippen molar-refractivity contribution in [2.45, 2.75) is 27.7 Å². The van der Waals surface area contributed by atoms with Crippen LogP contribution in [-0.4, -0.2) is 23.9 Å². The van der Waals surface area contributed by atoms with Gasteiger partial charge in [0.15, 0.2) is 23.0 Å². The lowest BCUT2D eigenvalue weighted by Crippen LogP contribution is -2.12. The monoisotopic (exact) mass is 668 g/mol. The number of carbonyl (C=O) groups is 4. The molecule has 0 atom stereocenters. The van der Waals surface area contributed by atoms with Gasteiger partial charge in [-0.3, -0.25) is 0 Å². The molecule has 0 unspecified atom stereocenters. The zero-order valence-corrected chi connectivity index (χ0v) is 28.3. The molecule has 0 aliphatic rings. The van der Waals surface area contributed by atoms with Gasteiger partial charge in [-0.2, -0.15) is 0 Å². The maximum absolute atomic E-state index is 12.3. The third-order valence-electron chi connectivity index (χ3n) is 7.05. The Morgan fingerprint density at radius 2 is 0.660 bits per heavy atom. The largest absolute Gasteiger partial charge is 0.419 e. The van der Waals surface area contributed by atoms with Crippen molar-refractivity contribution in [3.8, 4) is 45.3 Å². The number of hydrogen-bond donors (Lipinski definition) is 0. The average Bonchev–Trinajstić information content (AvgIpc) is 3.09. The second-order valence-electron chi connectivity index (χ2n) is 11.6. The van der Waals surface area contributed by atoms with E-state index >= 15 is 0 Å². The molecule has 0 amide bonds. The lowest BCUT2D eigenvalue weighted by Gasteiger charge is -2.13. The Bertz CT molecular complexity index is 1910. The zero-order valence-electron chi connectivity index (χ0n) is 28.3. The molecule has 50 heavy (non-hydrogen) atoms. The highest BCUT2D eigenvalue weighted by molar-refractivity contribution is 5.92. The van der Waals surface area contributed by atoms with Crippen LogP contribution in [0.15, 0.2) is 134 Å². The molecule has 0 N–H and O–H groups in total. The molecule has 0 aliphatic heterocycles. The second kappa shape index (κ2) is 16.0. The minimum atomic E-state index is -0.642. The van der Waals surface area contributed by atoms with E-state index in [1.54, 1.807) is 36.4 Å². The molecule has 252 valence electrons. The highest BCUT2D eigenvalue weighted by Gasteiger charge is 2.18. The molecule has 0 saturated carbocycles. The fourth-order valence-electron chi connectivity index (χ4n) is 4.22. The average molecular weight is 669 g/mol. The van der Waals surface area contributed by atoms with E-state index in [0.717, 1.165) is 33.4 Å². The van der Waals surface area contributed by atoms with Crippen molar-refractivity contribution in [1.29, 1.82) is 0 Å². The standard InChI is InChI=1S/C42H36O8/c1-25(2)39(43)47-35-21-19-33(23-37(35)49-41(45)27(5)6)31-15-11-29(12-16-31)9-10-30-13-17-32(18-14-30)34-20-22-36(48-40(44)26(3)4)38(24-34)50-42(46)28(7)8/h9-24H,1,3,5,7H2,2,4,6,8H3. The molecular formula is C42H36O8. The molecule has 0 spiro atoms. The summed E-state index contributed by atoms with van der Waals surface area (Å²) in [5.41, 5.74) is 5.90. The van der Waals surface area contributed by atoms with Gasteiger partial charge in [0.1, 0.15) is 0 Å².